The molecule has 0 spiro atoms. The normalized spacial score (nSPS) is 18.9. The molecule has 1 aliphatic heterocycles. The number of nitrogen functional groups attached to an aromatic ring is 1. The van der Waals surface area contributed by atoms with Gasteiger partial charge in [-0.15, -0.1) is 0 Å². The van der Waals surface area contributed by atoms with Gasteiger partial charge in [-0.05, 0) is 39.3 Å². The number of carbonyl (C=O) groups excluding carboxylic acids is 1. The molecule has 2 rings (SSSR count). The Labute approximate surface area is 119 Å². The fraction of sp³-hybridized carbons (Fsp3) is 0.571. The van der Waals surface area contributed by atoms with E-state index in [9.17, 15) is 4.79 Å². The number of nitrogens with one attached hydrogen (secondary N) is 1. The second-order valence-electron chi connectivity index (χ2n) is 6.00. The number of hydrogen-bond donors (Lipinski definition) is 2. The first kappa shape index (κ1) is 14.4. The monoisotopic (exact) mass is 278 g/mol. The number of amides is 1. The molecule has 1 aromatic rings. The summed E-state index contributed by atoms with van der Waals surface area (Å²) in [6, 6.07) is 5.64. The summed E-state index contributed by atoms with van der Waals surface area (Å²) in [6.07, 6.45) is 0.609. The standard InChI is InChI=1S/C14H22N4O2/c1-14(2,3)20-13(19)18-8-7-10(9-18)16-12-6-4-5-11(15)17-12/h4-6,10H,7-9H2,1-3H3,(H3,15,16,17). The topological polar surface area (TPSA) is 80.5 Å². The summed E-state index contributed by atoms with van der Waals surface area (Å²) in [7, 11) is 0. The molecule has 6 nitrogen and oxygen atoms in total. The number of hydrogen-bond acceptors (Lipinski definition) is 5. The van der Waals surface area contributed by atoms with E-state index in [1.165, 1.54) is 0 Å². The van der Waals surface area contributed by atoms with Gasteiger partial charge in [0.25, 0.3) is 0 Å². The van der Waals surface area contributed by atoms with E-state index in [1.54, 1.807) is 11.0 Å². The number of likely N-dealkylation sites (tertiary alicyclic amines) is 1. The van der Waals surface area contributed by atoms with Crippen LogP contribution < -0.4 is 11.1 Å². The predicted molar refractivity (Wildman–Crippen MR) is 78.5 cm³/mol. The van der Waals surface area contributed by atoms with Crippen LogP contribution in [0.15, 0.2) is 18.2 Å². The van der Waals surface area contributed by atoms with Gasteiger partial charge in [0.1, 0.15) is 17.2 Å². The van der Waals surface area contributed by atoms with E-state index in [0.717, 1.165) is 12.2 Å². The summed E-state index contributed by atoms with van der Waals surface area (Å²) < 4.78 is 5.36. The molecule has 2 heterocycles. The first-order valence-corrected chi connectivity index (χ1v) is 6.80. The maximum Gasteiger partial charge on any atom is 0.410 e. The molecule has 1 saturated heterocycles. The van der Waals surface area contributed by atoms with Gasteiger partial charge in [0.2, 0.25) is 0 Å². The Bertz CT molecular complexity index is 484. The fourth-order valence-corrected chi connectivity index (χ4v) is 2.11. The quantitative estimate of drug-likeness (QED) is 0.865. The van der Waals surface area contributed by atoms with Gasteiger partial charge in [-0.25, -0.2) is 9.78 Å². The average Bonchev–Trinajstić information content (AvgIpc) is 2.75. The first-order valence-electron chi connectivity index (χ1n) is 6.80. The van der Waals surface area contributed by atoms with Crippen molar-refractivity contribution in [3.05, 3.63) is 18.2 Å². The Morgan fingerprint density at radius 2 is 2.25 bits per heavy atom. The number of nitrogens with two attached hydrogens (primary N) is 1. The van der Waals surface area contributed by atoms with Crippen LogP contribution in [-0.4, -0.2) is 40.7 Å². The lowest BCUT2D eigenvalue weighted by atomic mass is 10.2. The summed E-state index contributed by atoms with van der Waals surface area (Å²) >= 11 is 0. The molecular formula is C14H22N4O2. The molecule has 0 saturated carbocycles. The smallest absolute Gasteiger partial charge is 0.410 e. The molecule has 1 fully saturated rings. The molecule has 1 amide bonds. The second kappa shape index (κ2) is 5.56. The predicted octanol–water partition coefficient (Wildman–Crippen LogP) is 2.09. The number of ether oxygens (including phenoxy) is 1. The molecule has 0 aliphatic carbocycles. The Kier molecular flexibility index (Phi) is 4.01. The Morgan fingerprint density at radius 1 is 1.50 bits per heavy atom. The molecular weight excluding hydrogens is 256 g/mol. The SMILES string of the molecule is CC(C)(C)OC(=O)N1CCC(Nc2cccc(N)n2)C1. The lowest BCUT2D eigenvalue weighted by Crippen LogP contribution is -2.36. The fourth-order valence-electron chi connectivity index (χ4n) is 2.11. The van der Waals surface area contributed by atoms with Gasteiger partial charge in [0, 0.05) is 19.1 Å². The largest absolute Gasteiger partial charge is 0.444 e. The van der Waals surface area contributed by atoms with Crippen LogP contribution >= 0.6 is 0 Å². The number of pyridine rings is 1. The zero-order chi connectivity index (χ0) is 14.8. The van der Waals surface area contributed by atoms with E-state index in [4.69, 9.17) is 10.5 Å². The zero-order valence-electron chi connectivity index (χ0n) is 12.2. The maximum atomic E-state index is 12.0. The highest BCUT2D eigenvalue weighted by molar-refractivity contribution is 5.68. The maximum absolute atomic E-state index is 12.0. The molecule has 110 valence electrons. The molecule has 1 aliphatic rings. The van der Waals surface area contributed by atoms with Gasteiger partial charge < -0.3 is 20.7 Å². The minimum absolute atomic E-state index is 0.178. The van der Waals surface area contributed by atoms with Crippen molar-refractivity contribution in [3.63, 3.8) is 0 Å². The lowest BCUT2D eigenvalue weighted by molar-refractivity contribution is 0.0293. The van der Waals surface area contributed by atoms with Gasteiger partial charge in [-0.1, -0.05) is 6.07 Å². The molecule has 1 unspecified atom stereocenters. The lowest BCUT2D eigenvalue weighted by Gasteiger charge is -2.24. The van der Waals surface area contributed by atoms with Crippen molar-refractivity contribution in [2.45, 2.75) is 38.8 Å². The van der Waals surface area contributed by atoms with E-state index < -0.39 is 5.60 Å². The van der Waals surface area contributed by atoms with Crippen molar-refractivity contribution in [2.24, 2.45) is 0 Å². The van der Waals surface area contributed by atoms with Crippen LogP contribution in [0.5, 0.6) is 0 Å². The summed E-state index contributed by atoms with van der Waals surface area (Å²) in [4.78, 5) is 17.9. The van der Waals surface area contributed by atoms with Gasteiger partial charge in [-0.3, -0.25) is 0 Å². The van der Waals surface area contributed by atoms with Crippen LogP contribution in [0.1, 0.15) is 27.2 Å². The van der Waals surface area contributed by atoms with Crippen molar-refractivity contribution in [1.29, 1.82) is 0 Å². The van der Waals surface area contributed by atoms with Crippen LogP contribution in [0, 0.1) is 0 Å². The molecule has 1 atom stereocenters. The first-order chi connectivity index (χ1) is 9.33. The van der Waals surface area contributed by atoms with Crippen LogP contribution in [0.3, 0.4) is 0 Å². The second-order valence-corrected chi connectivity index (χ2v) is 6.00. The highest BCUT2D eigenvalue weighted by Crippen LogP contribution is 2.18. The van der Waals surface area contributed by atoms with Crippen molar-refractivity contribution in [1.82, 2.24) is 9.88 Å². The number of rotatable bonds is 2. The van der Waals surface area contributed by atoms with Gasteiger partial charge in [-0.2, -0.15) is 0 Å². The number of carbonyl (C=O) groups is 1. The van der Waals surface area contributed by atoms with Gasteiger partial charge in [0.05, 0.1) is 0 Å². The summed E-state index contributed by atoms with van der Waals surface area (Å²) in [6.45, 7) is 6.91. The van der Waals surface area contributed by atoms with E-state index in [-0.39, 0.29) is 12.1 Å². The Balaban J connectivity index is 1.88. The Morgan fingerprint density at radius 3 is 2.90 bits per heavy atom. The molecule has 0 bridgehead atoms. The van der Waals surface area contributed by atoms with Crippen molar-refractivity contribution < 1.29 is 9.53 Å². The molecule has 0 radical (unpaired) electrons. The average molecular weight is 278 g/mol. The van der Waals surface area contributed by atoms with Crippen LogP contribution in [0.4, 0.5) is 16.4 Å². The van der Waals surface area contributed by atoms with Crippen LogP contribution in [-0.2, 0) is 4.74 Å². The van der Waals surface area contributed by atoms with Gasteiger partial charge in [0.15, 0.2) is 0 Å². The number of anilines is 2. The van der Waals surface area contributed by atoms with E-state index in [2.05, 4.69) is 10.3 Å². The molecule has 1 aromatic heterocycles. The van der Waals surface area contributed by atoms with Crippen molar-refractivity contribution in [3.8, 4) is 0 Å². The third-order valence-electron chi connectivity index (χ3n) is 2.96. The van der Waals surface area contributed by atoms with Crippen molar-refractivity contribution >= 4 is 17.7 Å². The van der Waals surface area contributed by atoms with Crippen LogP contribution in [0.2, 0.25) is 0 Å². The van der Waals surface area contributed by atoms with Crippen LogP contribution in [0.25, 0.3) is 0 Å². The molecule has 6 heteroatoms. The molecule has 20 heavy (non-hydrogen) atoms. The summed E-state index contributed by atoms with van der Waals surface area (Å²) in [5, 5.41) is 3.29. The van der Waals surface area contributed by atoms with E-state index in [0.29, 0.717) is 18.9 Å². The highest BCUT2D eigenvalue weighted by atomic mass is 16.6. The minimum atomic E-state index is -0.460. The molecule has 0 aromatic carbocycles. The third kappa shape index (κ3) is 4.01. The zero-order valence-corrected chi connectivity index (χ0v) is 12.2. The number of aromatic nitrogens is 1. The molecule has 3 N–H and O–H groups in total. The number of nitrogens with zero attached hydrogens (tertiary/aromatic N) is 2. The third-order valence-corrected chi connectivity index (χ3v) is 2.96. The Hall–Kier alpha value is -1.98. The summed E-state index contributed by atoms with van der Waals surface area (Å²) in [5.74, 6) is 1.22. The van der Waals surface area contributed by atoms with E-state index in [1.807, 2.05) is 32.9 Å². The minimum Gasteiger partial charge on any atom is -0.444 e. The van der Waals surface area contributed by atoms with Crippen molar-refractivity contribution in [2.75, 3.05) is 24.1 Å². The van der Waals surface area contributed by atoms with Gasteiger partial charge >= 0.3 is 6.09 Å². The highest BCUT2D eigenvalue weighted by Gasteiger charge is 2.29. The van der Waals surface area contributed by atoms with E-state index >= 15 is 0 Å². The summed E-state index contributed by atoms with van der Waals surface area (Å²) in [5.41, 5.74) is 5.18.